The van der Waals surface area contributed by atoms with Crippen molar-refractivity contribution < 1.29 is 0 Å². The summed E-state index contributed by atoms with van der Waals surface area (Å²) in [7, 11) is 0. The van der Waals surface area contributed by atoms with Crippen LogP contribution in [-0.4, -0.2) is 13.1 Å². The fourth-order valence-corrected chi connectivity index (χ4v) is 3.10. The minimum Gasteiger partial charge on any atom is -0.315 e. The quantitative estimate of drug-likeness (QED) is 0.673. The first-order chi connectivity index (χ1) is 9.27. The molecule has 0 radical (unpaired) electrons. The van der Waals surface area contributed by atoms with Crippen molar-refractivity contribution in [1.29, 1.82) is 0 Å². The van der Waals surface area contributed by atoms with Gasteiger partial charge >= 0.3 is 0 Å². The Morgan fingerprint density at radius 1 is 0.947 bits per heavy atom. The highest BCUT2D eigenvalue weighted by Crippen LogP contribution is 2.34. The van der Waals surface area contributed by atoms with E-state index in [0.717, 1.165) is 0 Å². The number of benzene rings is 1. The Labute approximate surface area is 118 Å². The third kappa shape index (κ3) is 3.82. The SMILES string of the molecule is CCCCCCCCC1(c2ccc(C)cc2)CNC1. The second kappa shape index (κ2) is 7.09. The summed E-state index contributed by atoms with van der Waals surface area (Å²) < 4.78 is 0. The summed E-state index contributed by atoms with van der Waals surface area (Å²) in [5, 5.41) is 3.48. The Hall–Kier alpha value is -0.820. The molecule has 0 aliphatic carbocycles. The van der Waals surface area contributed by atoms with Crippen molar-refractivity contribution >= 4 is 0 Å². The summed E-state index contributed by atoms with van der Waals surface area (Å²) >= 11 is 0. The lowest BCUT2D eigenvalue weighted by molar-refractivity contribution is 0.249. The lowest BCUT2D eigenvalue weighted by Crippen LogP contribution is -2.56. The van der Waals surface area contributed by atoms with Gasteiger partial charge in [0.1, 0.15) is 0 Å². The first kappa shape index (κ1) is 14.6. The van der Waals surface area contributed by atoms with Crippen LogP contribution in [0.2, 0.25) is 0 Å². The van der Waals surface area contributed by atoms with Gasteiger partial charge in [0, 0.05) is 18.5 Å². The molecule has 1 heteroatoms. The summed E-state index contributed by atoms with van der Waals surface area (Å²) in [5.74, 6) is 0. The van der Waals surface area contributed by atoms with E-state index in [4.69, 9.17) is 0 Å². The van der Waals surface area contributed by atoms with Crippen molar-refractivity contribution in [2.24, 2.45) is 0 Å². The van der Waals surface area contributed by atoms with Gasteiger partial charge in [0.05, 0.1) is 0 Å². The standard InChI is InChI=1S/C18H29N/c1-3-4-5-6-7-8-13-18(14-19-15-18)17-11-9-16(2)10-12-17/h9-12,19H,3-8,13-15H2,1-2H3. The molecule has 106 valence electrons. The van der Waals surface area contributed by atoms with E-state index in [2.05, 4.69) is 43.4 Å². The lowest BCUT2D eigenvalue weighted by atomic mass is 9.71. The van der Waals surface area contributed by atoms with Gasteiger partial charge in [-0.3, -0.25) is 0 Å². The first-order valence-electron chi connectivity index (χ1n) is 8.05. The number of hydrogen-bond donors (Lipinski definition) is 1. The molecule has 0 unspecified atom stereocenters. The van der Waals surface area contributed by atoms with E-state index in [1.54, 1.807) is 5.56 Å². The van der Waals surface area contributed by atoms with Crippen molar-refractivity contribution in [2.75, 3.05) is 13.1 Å². The monoisotopic (exact) mass is 259 g/mol. The van der Waals surface area contributed by atoms with Crippen molar-refractivity contribution in [2.45, 2.75) is 64.2 Å². The van der Waals surface area contributed by atoms with Gasteiger partial charge in [-0.1, -0.05) is 75.3 Å². The normalized spacial score (nSPS) is 17.2. The molecule has 0 bridgehead atoms. The number of aryl methyl sites for hydroxylation is 1. The predicted molar refractivity (Wildman–Crippen MR) is 83.7 cm³/mol. The molecule has 19 heavy (non-hydrogen) atoms. The Kier molecular flexibility index (Phi) is 5.45. The highest BCUT2D eigenvalue weighted by molar-refractivity contribution is 5.32. The highest BCUT2D eigenvalue weighted by Gasteiger charge is 2.37. The Morgan fingerprint density at radius 2 is 1.58 bits per heavy atom. The van der Waals surface area contributed by atoms with Gasteiger partial charge in [-0.15, -0.1) is 0 Å². The third-order valence-electron chi connectivity index (χ3n) is 4.60. The zero-order chi connectivity index (χ0) is 13.6. The number of rotatable bonds is 8. The van der Waals surface area contributed by atoms with Crippen molar-refractivity contribution in [3.63, 3.8) is 0 Å². The molecule has 0 saturated carbocycles. The van der Waals surface area contributed by atoms with Crippen molar-refractivity contribution in [3.05, 3.63) is 35.4 Å². The van der Waals surface area contributed by atoms with Gasteiger partial charge in [-0.2, -0.15) is 0 Å². The summed E-state index contributed by atoms with van der Waals surface area (Å²) in [6, 6.07) is 9.20. The van der Waals surface area contributed by atoms with Crippen LogP contribution in [0.25, 0.3) is 0 Å². The van der Waals surface area contributed by atoms with E-state index in [1.165, 1.54) is 63.6 Å². The van der Waals surface area contributed by atoms with E-state index in [-0.39, 0.29) is 0 Å². The second-order valence-corrected chi connectivity index (χ2v) is 6.27. The van der Waals surface area contributed by atoms with Gasteiger partial charge in [0.25, 0.3) is 0 Å². The summed E-state index contributed by atoms with van der Waals surface area (Å²) in [4.78, 5) is 0. The van der Waals surface area contributed by atoms with Gasteiger partial charge in [0.15, 0.2) is 0 Å². The molecule has 1 aromatic carbocycles. The van der Waals surface area contributed by atoms with E-state index in [0.29, 0.717) is 5.41 Å². The largest absolute Gasteiger partial charge is 0.315 e. The Balaban J connectivity index is 1.80. The molecule has 1 heterocycles. The second-order valence-electron chi connectivity index (χ2n) is 6.27. The molecule has 1 aromatic rings. The van der Waals surface area contributed by atoms with E-state index < -0.39 is 0 Å². The molecule has 1 saturated heterocycles. The molecule has 1 nitrogen and oxygen atoms in total. The highest BCUT2D eigenvalue weighted by atomic mass is 15.0. The molecular formula is C18H29N. The zero-order valence-corrected chi connectivity index (χ0v) is 12.7. The maximum Gasteiger partial charge on any atom is 0.0202 e. The first-order valence-corrected chi connectivity index (χ1v) is 8.05. The average molecular weight is 259 g/mol. The molecule has 1 N–H and O–H groups in total. The molecule has 0 atom stereocenters. The fraction of sp³-hybridized carbons (Fsp3) is 0.667. The maximum atomic E-state index is 3.48. The van der Waals surface area contributed by atoms with Gasteiger partial charge in [-0.25, -0.2) is 0 Å². The Morgan fingerprint density at radius 3 is 2.16 bits per heavy atom. The molecule has 2 rings (SSSR count). The van der Waals surface area contributed by atoms with Crippen LogP contribution < -0.4 is 5.32 Å². The minimum absolute atomic E-state index is 0.443. The van der Waals surface area contributed by atoms with Gasteiger partial charge < -0.3 is 5.32 Å². The van der Waals surface area contributed by atoms with E-state index in [1.807, 2.05) is 0 Å². The fourth-order valence-electron chi connectivity index (χ4n) is 3.10. The molecule has 1 fully saturated rings. The number of hydrogen-bond acceptors (Lipinski definition) is 1. The number of unbranched alkanes of at least 4 members (excludes halogenated alkanes) is 5. The van der Waals surface area contributed by atoms with Gasteiger partial charge in [0.2, 0.25) is 0 Å². The average Bonchev–Trinajstić information content (AvgIpc) is 2.38. The van der Waals surface area contributed by atoms with Crippen LogP contribution in [0, 0.1) is 6.92 Å². The molecule has 0 spiro atoms. The van der Waals surface area contributed by atoms with Crippen LogP contribution in [0.3, 0.4) is 0 Å². The lowest BCUT2D eigenvalue weighted by Gasteiger charge is -2.43. The maximum absolute atomic E-state index is 3.48. The predicted octanol–water partition coefficient (Wildman–Crippen LogP) is 4.59. The van der Waals surface area contributed by atoms with Crippen molar-refractivity contribution in [3.8, 4) is 0 Å². The number of nitrogens with one attached hydrogen (secondary N) is 1. The molecular weight excluding hydrogens is 230 g/mol. The smallest absolute Gasteiger partial charge is 0.0202 e. The minimum atomic E-state index is 0.443. The summed E-state index contributed by atoms with van der Waals surface area (Å²) in [5.41, 5.74) is 3.36. The molecule has 0 aromatic heterocycles. The van der Waals surface area contributed by atoms with Crippen LogP contribution in [0.4, 0.5) is 0 Å². The molecule has 1 aliphatic rings. The van der Waals surface area contributed by atoms with Crippen LogP contribution in [0.5, 0.6) is 0 Å². The van der Waals surface area contributed by atoms with E-state index in [9.17, 15) is 0 Å². The summed E-state index contributed by atoms with van der Waals surface area (Å²) in [6.45, 7) is 6.80. The molecule has 0 amide bonds. The summed E-state index contributed by atoms with van der Waals surface area (Å²) in [6.07, 6.45) is 9.75. The van der Waals surface area contributed by atoms with E-state index >= 15 is 0 Å². The molecule has 1 aliphatic heterocycles. The third-order valence-corrected chi connectivity index (χ3v) is 4.60. The van der Waals surface area contributed by atoms with Gasteiger partial charge in [-0.05, 0) is 18.9 Å². The topological polar surface area (TPSA) is 12.0 Å². The Bertz CT molecular complexity index is 362. The van der Waals surface area contributed by atoms with Crippen LogP contribution in [-0.2, 0) is 5.41 Å². The van der Waals surface area contributed by atoms with Crippen LogP contribution >= 0.6 is 0 Å². The van der Waals surface area contributed by atoms with Crippen LogP contribution in [0.15, 0.2) is 24.3 Å². The van der Waals surface area contributed by atoms with Crippen LogP contribution in [0.1, 0.15) is 63.0 Å². The van der Waals surface area contributed by atoms with Crippen molar-refractivity contribution in [1.82, 2.24) is 5.32 Å². The zero-order valence-electron chi connectivity index (χ0n) is 12.7.